The third-order valence-corrected chi connectivity index (χ3v) is 5.89. The van der Waals surface area contributed by atoms with Crippen molar-refractivity contribution in [2.75, 3.05) is 0 Å². The minimum Gasteiger partial charge on any atom is -0.267 e. The topological polar surface area (TPSA) is 84.3 Å². The second-order valence-corrected chi connectivity index (χ2v) is 7.63. The first kappa shape index (κ1) is 17.3. The highest BCUT2D eigenvalue weighted by molar-refractivity contribution is 7.20. The molecule has 142 valence electrons. The molecule has 2 aromatic heterocycles. The van der Waals surface area contributed by atoms with Crippen LogP contribution in [-0.4, -0.2) is 32.5 Å². The molecule has 1 aliphatic heterocycles. The number of nitrogens with zero attached hydrogens (tertiary/aromatic N) is 3. The van der Waals surface area contributed by atoms with Crippen molar-refractivity contribution >= 4 is 39.3 Å². The Balaban J connectivity index is 1.47. The Labute approximate surface area is 169 Å². The molecule has 1 aliphatic rings. The molecule has 0 atom stereocenters. The Bertz CT molecular complexity index is 1270. The lowest BCUT2D eigenvalue weighted by atomic mass is 10.1. The molecular formula is C21H14N4O3S. The summed E-state index contributed by atoms with van der Waals surface area (Å²) < 4.78 is 1.79. The fraction of sp³-hybridized carbons (Fsp3) is 0.0476. The van der Waals surface area contributed by atoms with Gasteiger partial charge in [0.05, 0.1) is 27.4 Å². The van der Waals surface area contributed by atoms with E-state index in [1.54, 1.807) is 35.0 Å². The van der Waals surface area contributed by atoms with Crippen LogP contribution in [0.25, 0.3) is 15.9 Å². The van der Waals surface area contributed by atoms with Crippen LogP contribution in [0.2, 0.25) is 0 Å². The summed E-state index contributed by atoms with van der Waals surface area (Å²) in [6, 6.07) is 17.9. The van der Waals surface area contributed by atoms with E-state index in [0.717, 1.165) is 26.6 Å². The van der Waals surface area contributed by atoms with Gasteiger partial charge >= 0.3 is 0 Å². The molecular weight excluding hydrogens is 388 g/mol. The second-order valence-electron chi connectivity index (χ2n) is 6.59. The number of fused-ring (bicyclic) bond motifs is 2. The lowest BCUT2D eigenvalue weighted by molar-refractivity contribution is 0.0519. The van der Waals surface area contributed by atoms with Crippen LogP contribution in [0.3, 0.4) is 0 Å². The summed E-state index contributed by atoms with van der Waals surface area (Å²) in [5, 5.41) is 6.18. The van der Waals surface area contributed by atoms with Crippen molar-refractivity contribution in [3.05, 3.63) is 82.4 Å². The number of carbonyl (C=O) groups is 3. The molecule has 0 bridgehead atoms. The number of thiophene rings is 1. The van der Waals surface area contributed by atoms with Crippen molar-refractivity contribution in [2.24, 2.45) is 0 Å². The van der Waals surface area contributed by atoms with Crippen LogP contribution < -0.4 is 5.43 Å². The van der Waals surface area contributed by atoms with Crippen LogP contribution in [0.15, 0.2) is 60.7 Å². The van der Waals surface area contributed by atoms with Crippen LogP contribution in [0, 0.1) is 6.92 Å². The van der Waals surface area contributed by atoms with Crippen molar-refractivity contribution < 1.29 is 14.4 Å². The molecule has 0 spiro atoms. The van der Waals surface area contributed by atoms with Gasteiger partial charge in [0.25, 0.3) is 17.7 Å². The van der Waals surface area contributed by atoms with Crippen LogP contribution in [0.5, 0.6) is 0 Å². The van der Waals surface area contributed by atoms with Gasteiger partial charge in [-0.1, -0.05) is 30.3 Å². The lowest BCUT2D eigenvalue weighted by Crippen LogP contribution is -2.45. The first-order valence-corrected chi connectivity index (χ1v) is 9.69. The molecule has 0 aliphatic carbocycles. The second kappa shape index (κ2) is 6.39. The molecule has 0 unspecified atom stereocenters. The Morgan fingerprint density at radius 1 is 0.966 bits per heavy atom. The maximum atomic E-state index is 12.8. The van der Waals surface area contributed by atoms with Gasteiger partial charge in [0.15, 0.2) is 0 Å². The number of hydrogen-bond acceptors (Lipinski definition) is 5. The fourth-order valence-corrected chi connectivity index (χ4v) is 4.42. The number of benzene rings is 2. The number of rotatable bonds is 3. The molecule has 0 saturated carbocycles. The highest BCUT2D eigenvalue weighted by Crippen LogP contribution is 2.30. The van der Waals surface area contributed by atoms with Crippen molar-refractivity contribution in [1.29, 1.82) is 0 Å². The van der Waals surface area contributed by atoms with E-state index < -0.39 is 17.7 Å². The number of amides is 3. The highest BCUT2D eigenvalue weighted by Gasteiger charge is 2.37. The SMILES string of the molecule is Cc1nn(-c2ccccc2)c2sc(C(=O)NN3C(=O)c4ccccc4C3=O)cc12. The van der Waals surface area contributed by atoms with E-state index in [0.29, 0.717) is 4.88 Å². The normalized spacial score (nSPS) is 13.2. The van der Waals surface area contributed by atoms with E-state index in [1.165, 1.54) is 11.3 Å². The number of hydrazine groups is 1. The van der Waals surface area contributed by atoms with Crippen LogP contribution in [0.4, 0.5) is 0 Å². The van der Waals surface area contributed by atoms with E-state index >= 15 is 0 Å². The van der Waals surface area contributed by atoms with Gasteiger partial charge in [-0.3, -0.25) is 19.8 Å². The maximum Gasteiger partial charge on any atom is 0.280 e. The molecule has 5 rings (SSSR count). The van der Waals surface area contributed by atoms with Gasteiger partial charge in [-0.2, -0.15) is 10.1 Å². The van der Waals surface area contributed by atoms with Gasteiger partial charge in [-0.25, -0.2) is 4.68 Å². The number of aryl methyl sites for hydroxylation is 1. The largest absolute Gasteiger partial charge is 0.280 e. The van der Waals surface area contributed by atoms with Crippen LogP contribution in [-0.2, 0) is 0 Å². The zero-order valence-corrected chi connectivity index (χ0v) is 16.1. The molecule has 0 fully saturated rings. The van der Waals surface area contributed by atoms with Crippen molar-refractivity contribution in [1.82, 2.24) is 20.2 Å². The standard InChI is InChI=1S/C21H14N4O3S/c1-12-16-11-17(29-21(16)24(22-12)13-7-3-2-4-8-13)18(26)23-25-19(27)14-9-5-6-10-15(14)20(25)28/h2-11H,1H3,(H,23,26). The Hall–Kier alpha value is -3.78. The van der Waals surface area contributed by atoms with Crippen molar-refractivity contribution in [2.45, 2.75) is 6.92 Å². The molecule has 2 aromatic carbocycles. The van der Waals surface area contributed by atoms with Gasteiger partial charge in [0.1, 0.15) is 4.83 Å². The monoisotopic (exact) mass is 402 g/mol. The van der Waals surface area contributed by atoms with Crippen molar-refractivity contribution in [3.8, 4) is 5.69 Å². The molecule has 4 aromatic rings. The average molecular weight is 402 g/mol. The minimum atomic E-state index is -0.535. The van der Waals surface area contributed by atoms with Gasteiger partial charge in [-0.15, -0.1) is 11.3 Å². The molecule has 3 heterocycles. The zero-order chi connectivity index (χ0) is 20.1. The number of para-hydroxylation sites is 1. The molecule has 7 nitrogen and oxygen atoms in total. The predicted octanol–water partition coefficient (Wildman–Crippen LogP) is 3.34. The summed E-state index contributed by atoms with van der Waals surface area (Å²) in [6.45, 7) is 1.88. The predicted molar refractivity (Wildman–Crippen MR) is 108 cm³/mol. The third kappa shape index (κ3) is 2.65. The number of aromatic nitrogens is 2. The number of hydrogen-bond donors (Lipinski definition) is 1. The average Bonchev–Trinajstić information content (AvgIpc) is 3.38. The molecule has 1 N–H and O–H groups in total. The van der Waals surface area contributed by atoms with E-state index in [2.05, 4.69) is 10.5 Å². The summed E-state index contributed by atoms with van der Waals surface area (Å²) in [4.78, 5) is 38.9. The van der Waals surface area contributed by atoms with E-state index in [4.69, 9.17) is 0 Å². The Morgan fingerprint density at radius 3 is 2.24 bits per heavy atom. The zero-order valence-electron chi connectivity index (χ0n) is 15.2. The quantitative estimate of drug-likeness (QED) is 0.533. The smallest absolute Gasteiger partial charge is 0.267 e. The summed E-state index contributed by atoms with van der Waals surface area (Å²) in [5.41, 5.74) is 4.69. The summed E-state index contributed by atoms with van der Waals surface area (Å²) in [6.07, 6.45) is 0. The van der Waals surface area contributed by atoms with Gasteiger partial charge in [-0.05, 0) is 37.3 Å². The van der Waals surface area contributed by atoms with Gasteiger partial charge < -0.3 is 0 Å². The number of carbonyl (C=O) groups excluding carboxylic acids is 3. The van der Waals surface area contributed by atoms with Crippen LogP contribution in [0.1, 0.15) is 36.1 Å². The van der Waals surface area contributed by atoms with E-state index in [9.17, 15) is 14.4 Å². The maximum absolute atomic E-state index is 12.8. The van der Waals surface area contributed by atoms with E-state index in [1.807, 2.05) is 37.3 Å². The van der Waals surface area contributed by atoms with Crippen LogP contribution >= 0.6 is 11.3 Å². The summed E-state index contributed by atoms with van der Waals surface area (Å²) in [7, 11) is 0. The fourth-order valence-electron chi connectivity index (χ4n) is 3.35. The molecule has 0 radical (unpaired) electrons. The molecule has 29 heavy (non-hydrogen) atoms. The Kier molecular flexibility index (Phi) is 3.82. The number of imide groups is 1. The van der Waals surface area contributed by atoms with E-state index in [-0.39, 0.29) is 11.1 Å². The lowest BCUT2D eigenvalue weighted by Gasteiger charge is -2.14. The first-order chi connectivity index (χ1) is 14.0. The number of nitrogens with one attached hydrogen (secondary N) is 1. The summed E-state index contributed by atoms with van der Waals surface area (Å²) >= 11 is 1.26. The third-order valence-electron chi connectivity index (χ3n) is 4.78. The Morgan fingerprint density at radius 2 is 1.59 bits per heavy atom. The molecule has 0 saturated heterocycles. The van der Waals surface area contributed by atoms with Gasteiger partial charge in [0, 0.05) is 5.39 Å². The highest BCUT2D eigenvalue weighted by atomic mass is 32.1. The first-order valence-electron chi connectivity index (χ1n) is 8.88. The van der Waals surface area contributed by atoms with Crippen molar-refractivity contribution in [3.63, 3.8) is 0 Å². The molecule has 8 heteroatoms. The minimum absolute atomic E-state index is 0.282. The van der Waals surface area contributed by atoms with Gasteiger partial charge in [0.2, 0.25) is 0 Å². The summed E-state index contributed by atoms with van der Waals surface area (Å²) in [5.74, 6) is -1.59. The molecule has 3 amide bonds.